The molecule has 4 heteroatoms. The number of hydrogen-bond donors (Lipinski definition) is 1. The van der Waals surface area contributed by atoms with Crippen LogP contribution in [0.4, 0.5) is 4.39 Å². The Morgan fingerprint density at radius 1 is 1.21 bits per heavy atom. The summed E-state index contributed by atoms with van der Waals surface area (Å²) in [4.78, 5) is 4.32. The van der Waals surface area contributed by atoms with E-state index in [1.165, 1.54) is 6.07 Å². The highest BCUT2D eigenvalue weighted by molar-refractivity contribution is 5.35. The number of ether oxygens (including phenoxy) is 1. The predicted octanol–water partition coefficient (Wildman–Crippen LogP) is 2.61. The topological polar surface area (TPSA) is 48.1 Å². The Morgan fingerprint density at radius 3 is 2.74 bits per heavy atom. The third kappa shape index (κ3) is 3.51. The molecule has 0 aliphatic heterocycles. The molecule has 0 aliphatic rings. The van der Waals surface area contributed by atoms with Gasteiger partial charge in [-0.05, 0) is 43.7 Å². The van der Waals surface area contributed by atoms with Gasteiger partial charge in [-0.2, -0.15) is 0 Å². The van der Waals surface area contributed by atoms with Crippen LogP contribution >= 0.6 is 0 Å². The summed E-state index contributed by atoms with van der Waals surface area (Å²) >= 11 is 0. The molecule has 1 aromatic heterocycles. The van der Waals surface area contributed by atoms with E-state index in [-0.39, 0.29) is 18.2 Å². The van der Waals surface area contributed by atoms with Gasteiger partial charge in [0.15, 0.2) is 11.6 Å². The minimum atomic E-state index is -0.362. The molecule has 3 nitrogen and oxygen atoms in total. The van der Waals surface area contributed by atoms with E-state index in [1.54, 1.807) is 6.07 Å². The first-order chi connectivity index (χ1) is 9.20. The summed E-state index contributed by atoms with van der Waals surface area (Å²) in [7, 11) is 0. The van der Waals surface area contributed by atoms with Gasteiger partial charge in [-0.3, -0.25) is 4.98 Å². The third-order valence-electron chi connectivity index (χ3n) is 2.77. The number of aryl methyl sites for hydroxylation is 1. The summed E-state index contributed by atoms with van der Waals surface area (Å²) in [6.07, 6.45) is 0.592. The lowest BCUT2D eigenvalue weighted by Gasteiger charge is -2.11. The maximum Gasteiger partial charge on any atom is 0.165 e. The second-order valence-corrected chi connectivity index (χ2v) is 4.33. The molecule has 1 aromatic carbocycles. The lowest BCUT2D eigenvalue weighted by atomic mass is 10.1. The van der Waals surface area contributed by atoms with Gasteiger partial charge in [-0.25, -0.2) is 4.39 Å². The quantitative estimate of drug-likeness (QED) is 0.899. The van der Waals surface area contributed by atoms with Crippen LogP contribution in [-0.2, 0) is 13.0 Å². The summed E-state index contributed by atoms with van der Waals surface area (Å²) in [6, 6.07) is 10.6. The van der Waals surface area contributed by atoms with Gasteiger partial charge in [0.05, 0.1) is 5.69 Å². The van der Waals surface area contributed by atoms with E-state index in [0.29, 0.717) is 13.0 Å². The fourth-order valence-electron chi connectivity index (χ4n) is 1.89. The molecule has 0 atom stereocenters. The highest BCUT2D eigenvalue weighted by atomic mass is 19.1. The van der Waals surface area contributed by atoms with Gasteiger partial charge in [-0.1, -0.05) is 18.2 Å². The van der Waals surface area contributed by atoms with Crippen molar-refractivity contribution in [3.63, 3.8) is 0 Å². The van der Waals surface area contributed by atoms with E-state index in [9.17, 15) is 4.39 Å². The number of pyridine rings is 1. The normalized spacial score (nSPS) is 10.5. The van der Waals surface area contributed by atoms with E-state index in [1.807, 2.05) is 31.2 Å². The van der Waals surface area contributed by atoms with Crippen molar-refractivity contribution in [2.75, 3.05) is 6.54 Å². The Kier molecular flexibility index (Phi) is 4.47. The molecule has 0 unspecified atom stereocenters. The number of rotatable bonds is 5. The summed E-state index contributed by atoms with van der Waals surface area (Å²) in [5.41, 5.74) is 8.00. The van der Waals surface area contributed by atoms with Crippen molar-refractivity contribution in [1.82, 2.24) is 4.98 Å². The van der Waals surface area contributed by atoms with Crippen LogP contribution in [-0.4, -0.2) is 11.5 Å². The first kappa shape index (κ1) is 13.5. The third-order valence-corrected chi connectivity index (χ3v) is 2.77. The average molecular weight is 260 g/mol. The molecule has 2 aromatic rings. The smallest absolute Gasteiger partial charge is 0.165 e. The number of aromatic nitrogens is 1. The molecule has 0 radical (unpaired) electrons. The van der Waals surface area contributed by atoms with Crippen molar-refractivity contribution >= 4 is 0 Å². The zero-order valence-corrected chi connectivity index (χ0v) is 10.9. The first-order valence-corrected chi connectivity index (χ1v) is 6.23. The van der Waals surface area contributed by atoms with Crippen molar-refractivity contribution in [2.24, 2.45) is 5.73 Å². The van der Waals surface area contributed by atoms with Crippen LogP contribution in [0.15, 0.2) is 36.4 Å². The second-order valence-electron chi connectivity index (χ2n) is 4.33. The van der Waals surface area contributed by atoms with Crippen LogP contribution in [0, 0.1) is 12.7 Å². The summed E-state index contributed by atoms with van der Waals surface area (Å²) < 4.78 is 19.3. The van der Waals surface area contributed by atoms with Crippen molar-refractivity contribution in [1.29, 1.82) is 0 Å². The van der Waals surface area contributed by atoms with Crippen molar-refractivity contribution in [3.05, 3.63) is 59.2 Å². The van der Waals surface area contributed by atoms with Crippen LogP contribution in [0.3, 0.4) is 0 Å². The number of halogens is 1. The van der Waals surface area contributed by atoms with Crippen LogP contribution in [0.25, 0.3) is 0 Å². The maximum absolute atomic E-state index is 13.8. The Hall–Kier alpha value is -1.94. The fraction of sp³-hybridized carbons (Fsp3) is 0.267. The average Bonchev–Trinajstić information content (AvgIpc) is 2.38. The van der Waals surface area contributed by atoms with Crippen LogP contribution in [0.1, 0.15) is 17.0 Å². The highest BCUT2D eigenvalue weighted by Gasteiger charge is 2.09. The molecule has 2 N–H and O–H groups in total. The van der Waals surface area contributed by atoms with Gasteiger partial charge in [-0.15, -0.1) is 0 Å². The van der Waals surface area contributed by atoms with E-state index in [4.69, 9.17) is 10.5 Å². The summed E-state index contributed by atoms with van der Waals surface area (Å²) in [5.74, 6) is -0.0881. The minimum Gasteiger partial charge on any atom is -0.484 e. The van der Waals surface area contributed by atoms with Crippen LogP contribution in [0.5, 0.6) is 5.75 Å². The van der Waals surface area contributed by atoms with E-state index in [0.717, 1.165) is 17.0 Å². The van der Waals surface area contributed by atoms with Gasteiger partial charge in [0.2, 0.25) is 0 Å². The van der Waals surface area contributed by atoms with Gasteiger partial charge >= 0.3 is 0 Å². The summed E-state index contributed by atoms with van der Waals surface area (Å²) in [5, 5.41) is 0. The summed E-state index contributed by atoms with van der Waals surface area (Å²) in [6.45, 7) is 2.62. The monoisotopic (exact) mass is 260 g/mol. The number of benzene rings is 1. The van der Waals surface area contributed by atoms with E-state index < -0.39 is 0 Å². The molecular weight excluding hydrogens is 243 g/mol. The van der Waals surface area contributed by atoms with Gasteiger partial charge in [0, 0.05) is 5.69 Å². The zero-order chi connectivity index (χ0) is 13.7. The Bertz CT molecular complexity index is 558. The number of nitrogens with zero attached hydrogens (tertiary/aromatic N) is 1. The highest BCUT2D eigenvalue weighted by Crippen LogP contribution is 2.23. The SMILES string of the molecule is Cc1cccc(COc2c(F)cccc2CCN)n1. The van der Waals surface area contributed by atoms with Gasteiger partial charge < -0.3 is 10.5 Å². The fourth-order valence-corrected chi connectivity index (χ4v) is 1.89. The van der Waals surface area contributed by atoms with Crippen molar-refractivity contribution < 1.29 is 9.13 Å². The molecule has 1 heterocycles. The molecule has 0 fully saturated rings. The lowest BCUT2D eigenvalue weighted by Crippen LogP contribution is -2.07. The Balaban J connectivity index is 2.14. The molecule has 0 bridgehead atoms. The molecule has 19 heavy (non-hydrogen) atoms. The van der Waals surface area contributed by atoms with Crippen molar-refractivity contribution in [3.8, 4) is 5.75 Å². The van der Waals surface area contributed by atoms with Crippen molar-refractivity contribution in [2.45, 2.75) is 20.0 Å². The Labute approximate surface area is 112 Å². The standard InChI is InChI=1S/C15H17FN2O/c1-11-4-2-6-13(18-11)10-19-15-12(8-9-17)5-3-7-14(15)16/h2-7H,8-10,17H2,1H3. The van der Waals surface area contributed by atoms with Gasteiger partial charge in [0.1, 0.15) is 6.61 Å². The number of para-hydroxylation sites is 1. The molecule has 0 aliphatic carbocycles. The molecule has 0 amide bonds. The predicted molar refractivity (Wildman–Crippen MR) is 72.5 cm³/mol. The lowest BCUT2D eigenvalue weighted by molar-refractivity contribution is 0.282. The molecule has 0 spiro atoms. The first-order valence-electron chi connectivity index (χ1n) is 6.23. The molecular formula is C15H17FN2O. The van der Waals surface area contributed by atoms with Crippen LogP contribution in [0.2, 0.25) is 0 Å². The minimum absolute atomic E-state index is 0.250. The maximum atomic E-state index is 13.8. The van der Waals surface area contributed by atoms with Gasteiger partial charge in [0.25, 0.3) is 0 Å². The molecule has 2 rings (SSSR count). The zero-order valence-electron chi connectivity index (χ0n) is 10.9. The van der Waals surface area contributed by atoms with E-state index >= 15 is 0 Å². The van der Waals surface area contributed by atoms with E-state index in [2.05, 4.69) is 4.98 Å². The number of nitrogens with two attached hydrogens (primary N) is 1. The molecule has 0 saturated heterocycles. The number of hydrogen-bond acceptors (Lipinski definition) is 3. The molecule has 0 saturated carbocycles. The second kappa shape index (κ2) is 6.29. The molecule has 100 valence electrons. The Morgan fingerprint density at radius 2 is 2.00 bits per heavy atom. The largest absolute Gasteiger partial charge is 0.484 e. The van der Waals surface area contributed by atoms with Crippen LogP contribution < -0.4 is 10.5 Å².